The molecule has 0 atom stereocenters. The fourth-order valence-corrected chi connectivity index (χ4v) is 2.72. The van der Waals surface area contributed by atoms with Crippen molar-refractivity contribution < 1.29 is 14.2 Å². The molecule has 0 aliphatic rings. The van der Waals surface area contributed by atoms with Crippen molar-refractivity contribution >= 4 is 23.3 Å². The number of amides is 1. The highest BCUT2D eigenvalue weighted by Gasteiger charge is 2.14. The molecule has 0 radical (unpaired) electrons. The quantitative estimate of drug-likeness (QED) is 0.471. The van der Waals surface area contributed by atoms with Crippen LogP contribution in [0.15, 0.2) is 53.2 Å². The Morgan fingerprint density at radius 1 is 1.14 bits per heavy atom. The SMILES string of the molecule is Nc1nonc1C(=O)NCCNCc1ccccc1OCc1cccc(Cl)c1. The lowest BCUT2D eigenvalue weighted by Crippen LogP contribution is -2.32. The summed E-state index contributed by atoms with van der Waals surface area (Å²) in [6.07, 6.45) is 0. The molecule has 1 aromatic heterocycles. The third kappa shape index (κ3) is 5.45. The van der Waals surface area contributed by atoms with E-state index in [0.29, 0.717) is 31.3 Å². The van der Waals surface area contributed by atoms with Gasteiger partial charge in [-0.25, -0.2) is 4.63 Å². The summed E-state index contributed by atoms with van der Waals surface area (Å²) >= 11 is 6.00. The molecule has 0 unspecified atom stereocenters. The Bertz CT molecular complexity index is 931. The minimum absolute atomic E-state index is 0.0141. The van der Waals surface area contributed by atoms with Crippen molar-refractivity contribution in [1.29, 1.82) is 0 Å². The summed E-state index contributed by atoms with van der Waals surface area (Å²) in [5, 5.41) is 13.5. The first kappa shape index (κ1) is 19.7. The highest BCUT2D eigenvalue weighted by atomic mass is 35.5. The summed E-state index contributed by atoms with van der Waals surface area (Å²) in [5.41, 5.74) is 7.48. The number of anilines is 1. The van der Waals surface area contributed by atoms with Crippen molar-refractivity contribution in [1.82, 2.24) is 20.9 Å². The number of aromatic nitrogens is 2. The molecule has 0 spiro atoms. The maximum Gasteiger partial charge on any atom is 0.277 e. The monoisotopic (exact) mass is 401 g/mol. The number of hydrogen-bond acceptors (Lipinski definition) is 7. The fraction of sp³-hybridized carbons (Fsp3) is 0.211. The van der Waals surface area contributed by atoms with E-state index in [1.54, 1.807) is 0 Å². The van der Waals surface area contributed by atoms with E-state index in [2.05, 4.69) is 25.6 Å². The second-order valence-corrected chi connectivity index (χ2v) is 6.39. The maximum atomic E-state index is 11.8. The number of ether oxygens (including phenoxy) is 1. The molecule has 1 amide bonds. The van der Waals surface area contributed by atoms with Crippen molar-refractivity contribution in [3.63, 3.8) is 0 Å². The molecule has 0 bridgehead atoms. The van der Waals surface area contributed by atoms with Crippen molar-refractivity contribution in [2.24, 2.45) is 0 Å². The van der Waals surface area contributed by atoms with Gasteiger partial charge in [0.1, 0.15) is 12.4 Å². The number of halogens is 1. The van der Waals surface area contributed by atoms with E-state index in [4.69, 9.17) is 22.1 Å². The number of para-hydroxylation sites is 1. The molecule has 0 aliphatic heterocycles. The predicted molar refractivity (Wildman–Crippen MR) is 105 cm³/mol. The van der Waals surface area contributed by atoms with E-state index in [1.807, 2.05) is 48.5 Å². The minimum atomic E-state index is -0.425. The van der Waals surface area contributed by atoms with Crippen LogP contribution in [0.3, 0.4) is 0 Å². The van der Waals surface area contributed by atoms with Gasteiger partial charge in [0.25, 0.3) is 5.91 Å². The van der Waals surface area contributed by atoms with E-state index in [0.717, 1.165) is 16.9 Å². The molecule has 9 heteroatoms. The first-order valence-corrected chi connectivity index (χ1v) is 9.03. The largest absolute Gasteiger partial charge is 0.489 e. The summed E-state index contributed by atoms with van der Waals surface area (Å²) in [5.74, 6) is 0.336. The van der Waals surface area contributed by atoms with Gasteiger partial charge in [-0.15, -0.1) is 0 Å². The lowest BCUT2D eigenvalue weighted by atomic mass is 10.2. The number of nitrogen functional groups attached to an aromatic ring is 1. The Balaban J connectivity index is 1.44. The van der Waals surface area contributed by atoms with Crippen molar-refractivity contribution in [3.8, 4) is 5.75 Å². The van der Waals surface area contributed by atoms with Gasteiger partial charge in [0.2, 0.25) is 11.5 Å². The Morgan fingerprint density at radius 2 is 2.00 bits per heavy atom. The highest BCUT2D eigenvalue weighted by molar-refractivity contribution is 6.30. The molecule has 2 aromatic carbocycles. The van der Waals surface area contributed by atoms with E-state index in [1.165, 1.54) is 0 Å². The zero-order valence-corrected chi connectivity index (χ0v) is 15.8. The van der Waals surface area contributed by atoms with E-state index >= 15 is 0 Å². The van der Waals surface area contributed by atoms with Gasteiger partial charge in [-0.05, 0) is 34.1 Å². The summed E-state index contributed by atoms with van der Waals surface area (Å²) in [4.78, 5) is 11.8. The van der Waals surface area contributed by atoms with Gasteiger partial charge in [-0.3, -0.25) is 4.79 Å². The van der Waals surface area contributed by atoms with Gasteiger partial charge in [0.15, 0.2) is 0 Å². The zero-order valence-electron chi connectivity index (χ0n) is 15.0. The predicted octanol–water partition coefficient (Wildman–Crippen LogP) is 2.40. The standard InChI is InChI=1S/C19H20ClN5O3/c20-15-6-3-4-13(10-15)12-27-16-7-2-1-5-14(16)11-22-8-9-23-19(26)17-18(21)25-28-24-17/h1-7,10,22H,8-9,11-12H2,(H2,21,25)(H,23,26). The van der Waals surface area contributed by atoms with E-state index < -0.39 is 5.91 Å². The van der Waals surface area contributed by atoms with Crippen LogP contribution in [0.4, 0.5) is 5.82 Å². The first-order chi connectivity index (χ1) is 13.6. The molecule has 3 aromatic rings. The normalized spacial score (nSPS) is 10.6. The molecule has 146 valence electrons. The molecule has 0 aliphatic carbocycles. The molecule has 0 fully saturated rings. The van der Waals surface area contributed by atoms with Crippen LogP contribution in [-0.2, 0) is 13.2 Å². The number of nitrogens with one attached hydrogen (secondary N) is 2. The third-order valence-corrected chi connectivity index (χ3v) is 4.12. The zero-order chi connectivity index (χ0) is 19.8. The Hall–Kier alpha value is -3.10. The Labute approximate surface area is 167 Å². The number of nitrogens with zero attached hydrogens (tertiary/aromatic N) is 2. The number of benzene rings is 2. The average molecular weight is 402 g/mol. The maximum absolute atomic E-state index is 11.8. The summed E-state index contributed by atoms with van der Waals surface area (Å²) in [6, 6.07) is 15.3. The van der Waals surface area contributed by atoms with Crippen LogP contribution in [0.25, 0.3) is 0 Å². The molecule has 8 nitrogen and oxygen atoms in total. The van der Waals surface area contributed by atoms with Gasteiger partial charge in [0, 0.05) is 30.2 Å². The van der Waals surface area contributed by atoms with Gasteiger partial charge >= 0.3 is 0 Å². The average Bonchev–Trinajstić information content (AvgIpc) is 3.13. The number of carbonyl (C=O) groups excluding carboxylic acids is 1. The van der Waals surface area contributed by atoms with E-state index in [9.17, 15) is 4.79 Å². The van der Waals surface area contributed by atoms with Crippen LogP contribution in [-0.4, -0.2) is 29.3 Å². The molecule has 28 heavy (non-hydrogen) atoms. The minimum Gasteiger partial charge on any atom is -0.489 e. The summed E-state index contributed by atoms with van der Waals surface area (Å²) in [7, 11) is 0. The van der Waals surface area contributed by atoms with Crippen LogP contribution >= 0.6 is 11.6 Å². The molecule has 0 saturated heterocycles. The van der Waals surface area contributed by atoms with Crippen molar-refractivity contribution in [2.45, 2.75) is 13.2 Å². The van der Waals surface area contributed by atoms with Gasteiger partial charge in [0.05, 0.1) is 0 Å². The summed E-state index contributed by atoms with van der Waals surface area (Å²) in [6.45, 7) is 1.98. The van der Waals surface area contributed by atoms with Gasteiger partial charge in [-0.2, -0.15) is 0 Å². The Kier molecular flexibility index (Phi) is 6.83. The van der Waals surface area contributed by atoms with Crippen molar-refractivity contribution in [3.05, 3.63) is 70.4 Å². The van der Waals surface area contributed by atoms with E-state index in [-0.39, 0.29) is 11.5 Å². The fourth-order valence-electron chi connectivity index (χ4n) is 2.50. The van der Waals surface area contributed by atoms with Crippen LogP contribution in [0.2, 0.25) is 5.02 Å². The molecule has 4 N–H and O–H groups in total. The smallest absolute Gasteiger partial charge is 0.277 e. The summed E-state index contributed by atoms with van der Waals surface area (Å²) < 4.78 is 10.3. The highest BCUT2D eigenvalue weighted by Crippen LogP contribution is 2.20. The lowest BCUT2D eigenvalue weighted by molar-refractivity contribution is 0.0944. The molecular formula is C19H20ClN5O3. The van der Waals surface area contributed by atoms with Gasteiger partial charge < -0.3 is 21.1 Å². The number of nitrogens with two attached hydrogens (primary N) is 1. The molecular weight excluding hydrogens is 382 g/mol. The third-order valence-electron chi connectivity index (χ3n) is 3.89. The van der Waals surface area contributed by atoms with Crippen LogP contribution < -0.4 is 21.1 Å². The number of carbonyl (C=O) groups is 1. The number of rotatable bonds is 9. The number of hydrogen-bond donors (Lipinski definition) is 3. The van der Waals surface area contributed by atoms with Crippen molar-refractivity contribution in [2.75, 3.05) is 18.8 Å². The first-order valence-electron chi connectivity index (χ1n) is 8.65. The second kappa shape index (κ2) is 9.72. The van der Waals surface area contributed by atoms with Crippen LogP contribution in [0.1, 0.15) is 21.6 Å². The lowest BCUT2D eigenvalue weighted by Gasteiger charge is -2.12. The Morgan fingerprint density at radius 3 is 2.79 bits per heavy atom. The molecule has 3 rings (SSSR count). The topological polar surface area (TPSA) is 115 Å². The second-order valence-electron chi connectivity index (χ2n) is 5.96. The molecule has 1 heterocycles. The molecule has 0 saturated carbocycles. The van der Waals surface area contributed by atoms with Crippen LogP contribution in [0.5, 0.6) is 5.75 Å². The van der Waals surface area contributed by atoms with Gasteiger partial charge in [-0.1, -0.05) is 41.9 Å². The van der Waals surface area contributed by atoms with Crippen LogP contribution in [0, 0.1) is 0 Å².